The predicted molar refractivity (Wildman–Crippen MR) is 29.1 cm³/mol. The normalized spacial score (nSPS) is 8.25. The van der Waals surface area contributed by atoms with E-state index in [-0.39, 0.29) is 32.7 Å². The van der Waals surface area contributed by atoms with Gasteiger partial charge >= 0.3 is 0 Å². The van der Waals surface area contributed by atoms with E-state index in [1.165, 1.54) is 5.56 Å². The molecular weight excluding hydrogens is 175 g/mol. The van der Waals surface area contributed by atoms with Crippen molar-refractivity contribution < 1.29 is 32.7 Å². The monoisotopic (exact) mass is 183 g/mol. The first-order chi connectivity index (χ1) is 3.29. The van der Waals surface area contributed by atoms with Crippen molar-refractivity contribution >= 4 is 0 Å². The van der Waals surface area contributed by atoms with Crippen molar-refractivity contribution in [1.29, 1.82) is 0 Å². The van der Waals surface area contributed by atoms with Gasteiger partial charge in [0, 0.05) is 32.7 Å². The minimum absolute atomic E-state index is 0. The molecule has 0 atom stereocenters. The molecule has 0 saturated carbocycles. The van der Waals surface area contributed by atoms with Crippen LogP contribution < -0.4 is 0 Å². The fourth-order valence-corrected chi connectivity index (χ4v) is 0.584. The van der Waals surface area contributed by atoms with Crippen LogP contribution in [0.5, 0.6) is 0 Å². The Labute approximate surface area is 74.8 Å². The zero-order chi connectivity index (χ0) is 5.28. The van der Waals surface area contributed by atoms with Crippen LogP contribution in [0.3, 0.4) is 0 Å². The van der Waals surface area contributed by atoms with E-state index in [4.69, 9.17) is 0 Å². The van der Waals surface area contributed by atoms with Gasteiger partial charge in [-0.15, -0.1) is 6.20 Å². The number of rotatable bonds is 0. The molecule has 0 aliphatic carbocycles. The van der Waals surface area contributed by atoms with Crippen LogP contribution in [0.15, 0.2) is 6.20 Å². The number of aromatic nitrogens is 1. The average Bonchev–Trinajstić information content (AvgIpc) is 1.87. The Hall–Kier alpha value is 0.384. The molecule has 0 aromatic carbocycles. The SMILES string of the molecule is Cc1[c-]c(C)[nH]c1.[Y]. The van der Waals surface area contributed by atoms with E-state index in [1.54, 1.807) is 0 Å². The molecule has 2 heteroatoms. The molecule has 0 saturated heterocycles. The van der Waals surface area contributed by atoms with Gasteiger partial charge in [0.15, 0.2) is 0 Å². The van der Waals surface area contributed by atoms with Gasteiger partial charge < -0.3 is 4.98 Å². The van der Waals surface area contributed by atoms with Crippen molar-refractivity contribution in [2.75, 3.05) is 0 Å². The average molecular weight is 183 g/mol. The van der Waals surface area contributed by atoms with Crippen molar-refractivity contribution in [1.82, 2.24) is 4.98 Å². The van der Waals surface area contributed by atoms with Crippen molar-refractivity contribution in [2.24, 2.45) is 0 Å². The third-order valence-electron chi connectivity index (χ3n) is 0.890. The molecule has 0 bridgehead atoms. The Morgan fingerprint density at radius 1 is 1.50 bits per heavy atom. The Balaban J connectivity index is 0.000000490. The van der Waals surface area contributed by atoms with Crippen molar-refractivity contribution in [2.45, 2.75) is 13.8 Å². The molecule has 41 valence electrons. The minimum Gasteiger partial charge on any atom is -0.458 e. The number of H-pyrrole nitrogens is 1. The number of hydrogen-bond acceptors (Lipinski definition) is 0. The van der Waals surface area contributed by atoms with E-state index in [1.807, 2.05) is 20.0 Å². The fraction of sp³-hybridized carbons (Fsp3) is 0.333. The molecule has 1 nitrogen and oxygen atoms in total. The summed E-state index contributed by atoms with van der Waals surface area (Å²) in [5, 5.41) is 0. The van der Waals surface area contributed by atoms with Gasteiger partial charge in [0.1, 0.15) is 0 Å². The molecule has 0 fully saturated rings. The van der Waals surface area contributed by atoms with Crippen LogP contribution in [-0.2, 0) is 32.7 Å². The number of nitrogens with one attached hydrogen (secondary N) is 1. The Morgan fingerprint density at radius 3 is 2.25 bits per heavy atom. The number of aryl methyl sites for hydroxylation is 2. The summed E-state index contributed by atoms with van der Waals surface area (Å²) in [5.41, 5.74) is 2.29. The van der Waals surface area contributed by atoms with E-state index in [0.717, 1.165) is 5.69 Å². The first kappa shape index (κ1) is 8.38. The molecule has 1 rings (SSSR count). The smallest absolute Gasteiger partial charge is 0 e. The maximum absolute atomic E-state index is 3.08. The third kappa shape index (κ3) is 2.10. The van der Waals surface area contributed by atoms with Crippen molar-refractivity contribution in [3.8, 4) is 0 Å². The quantitative estimate of drug-likeness (QED) is 0.585. The summed E-state index contributed by atoms with van der Waals surface area (Å²) >= 11 is 0. The summed E-state index contributed by atoms with van der Waals surface area (Å²) in [6.07, 6.45) is 1.94. The first-order valence-corrected chi connectivity index (χ1v) is 2.33. The van der Waals surface area contributed by atoms with Crippen LogP contribution in [0.1, 0.15) is 11.3 Å². The molecule has 0 spiro atoms. The van der Waals surface area contributed by atoms with Gasteiger partial charge in [-0.3, -0.25) is 0 Å². The molecule has 0 aliphatic heterocycles. The summed E-state index contributed by atoms with van der Waals surface area (Å²) in [6, 6.07) is 3.08. The topological polar surface area (TPSA) is 15.8 Å². The number of hydrogen-bond donors (Lipinski definition) is 1. The number of aromatic amines is 1. The van der Waals surface area contributed by atoms with Crippen LogP contribution in [-0.4, -0.2) is 4.98 Å². The van der Waals surface area contributed by atoms with Crippen LogP contribution in [0.25, 0.3) is 0 Å². The van der Waals surface area contributed by atoms with Crippen LogP contribution in [0.4, 0.5) is 0 Å². The first-order valence-electron chi connectivity index (χ1n) is 2.33. The molecule has 0 amide bonds. The second-order valence-electron chi connectivity index (χ2n) is 1.72. The Kier molecular flexibility index (Phi) is 3.58. The molecule has 1 radical (unpaired) electrons. The third-order valence-corrected chi connectivity index (χ3v) is 0.890. The summed E-state index contributed by atoms with van der Waals surface area (Å²) < 4.78 is 0. The van der Waals surface area contributed by atoms with Gasteiger partial charge in [0.25, 0.3) is 0 Å². The van der Waals surface area contributed by atoms with Crippen LogP contribution in [0, 0.1) is 19.9 Å². The van der Waals surface area contributed by atoms with Gasteiger partial charge in [-0.2, -0.15) is 0 Å². The fourth-order valence-electron chi connectivity index (χ4n) is 0.584. The molecule has 0 unspecified atom stereocenters. The van der Waals surface area contributed by atoms with Crippen LogP contribution in [0.2, 0.25) is 0 Å². The van der Waals surface area contributed by atoms with Gasteiger partial charge in [0.05, 0.1) is 0 Å². The maximum atomic E-state index is 3.08. The summed E-state index contributed by atoms with van der Waals surface area (Å²) in [4.78, 5) is 3.01. The molecular formula is C6H8NY-. The summed E-state index contributed by atoms with van der Waals surface area (Å²) in [6.45, 7) is 4.01. The van der Waals surface area contributed by atoms with Gasteiger partial charge in [-0.05, 0) is 6.92 Å². The molecule has 1 aromatic rings. The van der Waals surface area contributed by atoms with Gasteiger partial charge in [0.2, 0.25) is 0 Å². The second kappa shape index (κ2) is 3.42. The van der Waals surface area contributed by atoms with E-state index in [2.05, 4.69) is 11.1 Å². The zero-order valence-corrected chi connectivity index (χ0v) is 7.99. The minimum atomic E-state index is 0. The largest absolute Gasteiger partial charge is 0.458 e. The standard InChI is InChI=1S/C6H8N.Y/c1-5-3-6(2)7-4-5;/h4,7H,1-2H3;/q-1;. The van der Waals surface area contributed by atoms with E-state index in [9.17, 15) is 0 Å². The Morgan fingerprint density at radius 2 is 2.12 bits per heavy atom. The van der Waals surface area contributed by atoms with E-state index in [0.29, 0.717) is 0 Å². The van der Waals surface area contributed by atoms with E-state index < -0.39 is 0 Å². The summed E-state index contributed by atoms with van der Waals surface area (Å²) in [5.74, 6) is 0. The molecule has 1 aromatic heterocycles. The van der Waals surface area contributed by atoms with Gasteiger partial charge in [-0.25, -0.2) is 11.6 Å². The molecule has 1 N–H and O–H groups in total. The van der Waals surface area contributed by atoms with Crippen LogP contribution >= 0.6 is 0 Å². The van der Waals surface area contributed by atoms with Crippen molar-refractivity contribution in [3.63, 3.8) is 0 Å². The maximum Gasteiger partial charge on any atom is 0 e. The molecule has 8 heavy (non-hydrogen) atoms. The summed E-state index contributed by atoms with van der Waals surface area (Å²) in [7, 11) is 0. The zero-order valence-electron chi connectivity index (χ0n) is 5.15. The van der Waals surface area contributed by atoms with Gasteiger partial charge in [-0.1, -0.05) is 12.6 Å². The second-order valence-corrected chi connectivity index (χ2v) is 1.72. The predicted octanol–water partition coefficient (Wildman–Crippen LogP) is 1.43. The molecule has 0 aliphatic rings. The van der Waals surface area contributed by atoms with E-state index >= 15 is 0 Å². The Bertz CT molecular complexity index is 141. The molecule has 1 heterocycles. The van der Waals surface area contributed by atoms with Crippen molar-refractivity contribution in [3.05, 3.63) is 23.5 Å².